The Morgan fingerprint density at radius 3 is 2.68 bits per heavy atom. The molecule has 0 aromatic heterocycles. The number of rotatable bonds is 7. The number of hydrogen-bond donors (Lipinski definition) is 3. The summed E-state index contributed by atoms with van der Waals surface area (Å²) in [6, 6.07) is 0.270. The SMILES string of the molecule is CCC(CC)NC(=O)CNCC1(O)CCCC(C)C1. The molecular formula is C15H30N2O2. The summed E-state index contributed by atoms with van der Waals surface area (Å²) in [5, 5.41) is 16.5. The third kappa shape index (κ3) is 5.91. The molecule has 0 aromatic rings. The minimum Gasteiger partial charge on any atom is -0.389 e. The van der Waals surface area contributed by atoms with Crippen LogP contribution >= 0.6 is 0 Å². The van der Waals surface area contributed by atoms with Crippen molar-refractivity contribution in [3.63, 3.8) is 0 Å². The first-order valence-electron chi connectivity index (χ1n) is 7.71. The van der Waals surface area contributed by atoms with Gasteiger partial charge in [0.2, 0.25) is 5.91 Å². The second-order valence-electron chi connectivity index (χ2n) is 6.11. The topological polar surface area (TPSA) is 61.4 Å². The molecule has 0 aromatic carbocycles. The lowest BCUT2D eigenvalue weighted by Crippen LogP contribution is -2.47. The van der Waals surface area contributed by atoms with Gasteiger partial charge in [-0.05, 0) is 31.6 Å². The van der Waals surface area contributed by atoms with Crippen LogP contribution in [0, 0.1) is 5.92 Å². The zero-order chi connectivity index (χ0) is 14.3. The molecule has 1 amide bonds. The van der Waals surface area contributed by atoms with E-state index >= 15 is 0 Å². The van der Waals surface area contributed by atoms with E-state index in [1.165, 1.54) is 6.42 Å². The van der Waals surface area contributed by atoms with Crippen molar-refractivity contribution >= 4 is 5.91 Å². The maximum absolute atomic E-state index is 11.7. The lowest BCUT2D eigenvalue weighted by Gasteiger charge is -2.35. The average molecular weight is 270 g/mol. The summed E-state index contributed by atoms with van der Waals surface area (Å²) < 4.78 is 0. The molecule has 0 heterocycles. The van der Waals surface area contributed by atoms with E-state index in [-0.39, 0.29) is 11.9 Å². The van der Waals surface area contributed by atoms with Crippen LogP contribution in [-0.2, 0) is 4.79 Å². The molecule has 1 aliphatic rings. The summed E-state index contributed by atoms with van der Waals surface area (Å²) in [4.78, 5) is 11.7. The van der Waals surface area contributed by atoms with E-state index < -0.39 is 5.60 Å². The van der Waals surface area contributed by atoms with Gasteiger partial charge in [-0.25, -0.2) is 0 Å². The van der Waals surface area contributed by atoms with Crippen LogP contribution in [0.1, 0.15) is 59.3 Å². The Morgan fingerprint density at radius 1 is 1.42 bits per heavy atom. The molecule has 1 saturated carbocycles. The van der Waals surface area contributed by atoms with Gasteiger partial charge in [-0.1, -0.05) is 33.6 Å². The highest BCUT2D eigenvalue weighted by Crippen LogP contribution is 2.31. The number of nitrogens with one attached hydrogen (secondary N) is 2. The van der Waals surface area contributed by atoms with Gasteiger partial charge in [-0.3, -0.25) is 4.79 Å². The van der Waals surface area contributed by atoms with Crippen LogP contribution in [-0.4, -0.2) is 35.7 Å². The molecule has 1 fully saturated rings. The summed E-state index contributed by atoms with van der Waals surface area (Å²) >= 11 is 0. The molecule has 112 valence electrons. The number of carbonyl (C=O) groups excluding carboxylic acids is 1. The first-order valence-corrected chi connectivity index (χ1v) is 7.71. The molecule has 0 saturated heterocycles. The Kier molecular flexibility index (Phi) is 6.80. The number of carbonyl (C=O) groups is 1. The number of aliphatic hydroxyl groups is 1. The summed E-state index contributed by atoms with van der Waals surface area (Å²) in [6.07, 6.45) is 5.90. The van der Waals surface area contributed by atoms with Crippen LogP contribution in [0.25, 0.3) is 0 Å². The minimum absolute atomic E-state index is 0.0288. The van der Waals surface area contributed by atoms with Crippen molar-refractivity contribution in [3.8, 4) is 0 Å². The molecule has 4 nitrogen and oxygen atoms in total. The van der Waals surface area contributed by atoms with Gasteiger partial charge in [-0.2, -0.15) is 0 Å². The van der Waals surface area contributed by atoms with Gasteiger partial charge in [0, 0.05) is 12.6 Å². The maximum Gasteiger partial charge on any atom is 0.234 e. The van der Waals surface area contributed by atoms with Gasteiger partial charge in [-0.15, -0.1) is 0 Å². The van der Waals surface area contributed by atoms with Crippen molar-refractivity contribution in [2.45, 2.75) is 70.9 Å². The molecule has 4 heteroatoms. The van der Waals surface area contributed by atoms with Crippen LogP contribution in [0.15, 0.2) is 0 Å². The molecule has 0 aliphatic heterocycles. The predicted molar refractivity (Wildman–Crippen MR) is 78.0 cm³/mol. The van der Waals surface area contributed by atoms with Gasteiger partial charge in [0.25, 0.3) is 0 Å². The molecule has 0 bridgehead atoms. The Labute approximate surface area is 117 Å². The first-order chi connectivity index (χ1) is 8.99. The Morgan fingerprint density at radius 2 is 2.11 bits per heavy atom. The fourth-order valence-corrected chi connectivity index (χ4v) is 2.97. The van der Waals surface area contributed by atoms with Crippen molar-refractivity contribution in [2.24, 2.45) is 5.92 Å². The zero-order valence-corrected chi connectivity index (χ0v) is 12.7. The lowest BCUT2D eigenvalue weighted by molar-refractivity contribution is -0.121. The summed E-state index contributed by atoms with van der Waals surface area (Å²) in [5.41, 5.74) is -0.618. The van der Waals surface area contributed by atoms with Crippen LogP contribution in [0.4, 0.5) is 0 Å². The molecule has 2 atom stereocenters. The third-order valence-electron chi connectivity index (χ3n) is 4.16. The van der Waals surface area contributed by atoms with Crippen molar-refractivity contribution in [2.75, 3.05) is 13.1 Å². The highest BCUT2D eigenvalue weighted by molar-refractivity contribution is 5.78. The van der Waals surface area contributed by atoms with Gasteiger partial charge < -0.3 is 15.7 Å². The van der Waals surface area contributed by atoms with Crippen molar-refractivity contribution in [1.82, 2.24) is 10.6 Å². The molecule has 0 radical (unpaired) electrons. The van der Waals surface area contributed by atoms with Gasteiger partial charge in [0.15, 0.2) is 0 Å². The van der Waals surface area contributed by atoms with E-state index in [1.807, 2.05) is 0 Å². The van der Waals surface area contributed by atoms with Gasteiger partial charge >= 0.3 is 0 Å². The molecule has 2 unspecified atom stereocenters. The fourth-order valence-electron chi connectivity index (χ4n) is 2.97. The van der Waals surface area contributed by atoms with Gasteiger partial charge in [0.1, 0.15) is 0 Å². The normalized spacial score (nSPS) is 27.5. The van der Waals surface area contributed by atoms with Crippen LogP contribution in [0.2, 0.25) is 0 Å². The van der Waals surface area contributed by atoms with E-state index in [0.29, 0.717) is 19.0 Å². The van der Waals surface area contributed by atoms with E-state index in [0.717, 1.165) is 32.1 Å². The molecular weight excluding hydrogens is 240 g/mol. The molecule has 19 heavy (non-hydrogen) atoms. The Bertz CT molecular complexity index is 279. The van der Waals surface area contributed by atoms with E-state index in [2.05, 4.69) is 31.4 Å². The summed E-state index contributed by atoms with van der Waals surface area (Å²) in [7, 11) is 0. The Hall–Kier alpha value is -0.610. The van der Waals surface area contributed by atoms with Crippen molar-refractivity contribution in [1.29, 1.82) is 0 Å². The zero-order valence-electron chi connectivity index (χ0n) is 12.7. The standard InChI is InChI=1S/C15H30N2O2/c1-4-13(5-2)17-14(18)10-16-11-15(19)8-6-7-12(3)9-15/h12-13,16,19H,4-11H2,1-3H3,(H,17,18). The minimum atomic E-state index is -0.618. The third-order valence-corrected chi connectivity index (χ3v) is 4.16. The average Bonchev–Trinajstić information content (AvgIpc) is 2.35. The lowest BCUT2D eigenvalue weighted by atomic mass is 9.79. The van der Waals surface area contributed by atoms with Crippen LogP contribution in [0.3, 0.4) is 0 Å². The smallest absolute Gasteiger partial charge is 0.234 e. The fraction of sp³-hybridized carbons (Fsp3) is 0.933. The van der Waals surface area contributed by atoms with Crippen LogP contribution < -0.4 is 10.6 Å². The number of hydrogen-bond acceptors (Lipinski definition) is 3. The van der Waals surface area contributed by atoms with Gasteiger partial charge in [0.05, 0.1) is 12.1 Å². The maximum atomic E-state index is 11.7. The van der Waals surface area contributed by atoms with E-state index in [4.69, 9.17) is 0 Å². The highest BCUT2D eigenvalue weighted by Gasteiger charge is 2.32. The van der Waals surface area contributed by atoms with Crippen LogP contribution in [0.5, 0.6) is 0 Å². The quantitative estimate of drug-likeness (QED) is 0.661. The second-order valence-corrected chi connectivity index (χ2v) is 6.11. The Balaban J connectivity index is 2.23. The summed E-state index contributed by atoms with van der Waals surface area (Å²) in [5.74, 6) is 0.611. The van der Waals surface area contributed by atoms with Crippen molar-refractivity contribution in [3.05, 3.63) is 0 Å². The predicted octanol–water partition coefficient (Wildman–Crippen LogP) is 1.82. The molecule has 3 N–H and O–H groups in total. The summed E-state index contributed by atoms with van der Waals surface area (Å²) in [6.45, 7) is 7.16. The highest BCUT2D eigenvalue weighted by atomic mass is 16.3. The first kappa shape index (κ1) is 16.4. The molecule has 1 aliphatic carbocycles. The molecule has 0 spiro atoms. The van der Waals surface area contributed by atoms with E-state index in [1.54, 1.807) is 0 Å². The van der Waals surface area contributed by atoms with E-state index in [9.17, 15) is 9.90 Å². The largest absolute Gasteiger partial charge is 0.389 e. The van der Waals surface area contributed by atoms with Crippen molar-refractivity contribution < 1.29 is 9.90 Å². The number of amides is 1. The monoisotopic (exact) mass is 270 g/mol. The second kappa shape index (κ2) is 7.85. The molecule has 1 rings (SSSR count).